The molecule has 3 heterocycles. The molecule has 0 saturated carbocycles. The monoisotopic (exact) mass is 372 g/mol. The Morgan fingerprint density at radius 3 is 2.67 bits per heavy atom. The Morgan fingerprint density at radius 2 is 2.00 bits per heavy atom. The molecule has 27 heavy (non-hydrogen) atoms. The maximum Gasteiger partial charge on any atom is 0.220 e. The molecule has 2 aromatic rings. The van der Waals surface area contributed by atoms with Crippen LogP contribution in [-0.2, 0) is 16.1 Å². The lowest BCUT2D eigenvalue weighted by Gasteiger charge is -2.17. The van der Waals surface area contributed by atoms with Gasteiger partial charge in [-0.05, 0) is 11.8 Å². The summed E-state index contributed by atoms with van der Waals surface area (Å²) in [6, 6.07) is 0. The highest BCUT2D eigenvalue weighted by Crippen LogP contribution is 2.30. The summed E-state index contributed by atoms with van der Waals surface area (Å²) in [4.78, 5) is 34.4. The zero-order chi connectivity index (χ0) is 19.6. The van der Waals surface area contributed by atoms with Gasteiger partial charge >= 0.3 is 0 Å². The van der Waals surface area contributed by atoms with Crippen molar-refractivity contribution in [2.45, 2.75) is 53.0 Å². The molecule has 146 valence electrons. The molecule has 0 aromatic carbocycles. The molecule has 3 rings (SSSR count). The Balaban J connectivity index is 1.72. The number of likely N-dealkylation sites (tertiary alicyclic amines) is 1. The van der Waals surface area contributed by atoms with E-state index >= 15 is 0 Å². The van der Waals surface area contributed by atoms with Crippen molar-refractivity contribution in [3.05, 3.63) is 18.1 Å². The fourth-order valence-electron chi connectivity index (χ4n) is 3.47. The molecule has 1 fully saturated rings. The minimum Gasteiger partial charge on any atom is -0.354 e. The highest BCUT2D eigenvalue weighted by molar-refractivity contribution is 5.77. The Hall–Kier alpha value is -2.51. The van der Waals surface area contributed by atoms with Gasteiger partial charge in [0.1, 0.15) is 5.52 Å². The largest absolute Gasteiger partial charge is 0.354 e. The summed E-state index contributed by atoms with van der Waals surface area (Å²) < 4.78 is 1.81. The van der Waals surface area contributed by atoms with Crippen LogP contribution in [0, 0.1) is 5.41 Å². The van der Waals surface area contributed by atoms with Crippen LogP contribution >= 0.6 is 0 Å². The maximum absolute atomic E-state index is 12.0. The van der Waals surface area contributed by atoms with Gasteiger partial charge in [0.15, 0.2) is 5.65 Å². The van der Waals surface area contributed by atoms with Crippen molar-refractivity contribution < 1.29 is 9.59 Å². The summed E-state index contributed by atoms with van der Waals surface area (Å²) in [7, 11) is 0. The van der Waals surface area contributed by atoms with Gasteiger partial charge < -0.3 is 10.2 Å². The zero-order valence-corrected chi connectivity index (χ0v) is 16.5. The maximum atomic E-state index is 12.0. The number of carbonyl (C=O) groups is 2. The third-order valence-corrected chi connectivity index (χ3v) is 4.75. The van der Waals surface area contributed by atoms with Gasteiger partial charge in [-0.25, -0.2) is 14.6 Å². The van der Waals surface area contributed by atoms with Crippen LogP contribution in [0.3, 0.4) is 0 Å². The van der Waals surface area contributed by atoms with E-state index < -0.39 is 0 Å². The number of hydrogen-bond donors (Lipinski definition) is 1. The number of carbonyl (C=O) groups excluding carboxylic acids is 2. The van der Waals surface area contributed by atoms with Crippen LogP contribution in [-0.4, -0.2) is 56.1 Å². The average molecular weight is 372 g/mol. The Kier molecular flexibility index (Phi) is 5.43. The van der Waals surface area contributed by atoms with Gasteiger partial charge in [-0.15, -0.1) is 0 Å². The van der Waals surface area contributed by atoms with Gasteiger partial charge in [-0.3, -0.25) is 9.59 Å². The van der Waals surface area contributed by atoms with Crippen molar-refractivity contribution in [1.29, 1.82) is 0 Å². The summed E-state index contributed by atoms with van der Waals surface area (Å²) in [5, 5.41) is 7.69. The molecule has 0 radical (unpaired) electrons. The second-order valence-corrected chi connectivity index (χ2v) is 8.37. The molecule has 1 aliphatic rings. The second kappa shape index (κ2) is 7.62. The van der Waals surface area contributed by atoms with Gasteiger partial charge in [-0.2, -0.15) is 5.10 Å². The topological polar surface area (TPSA) is 93.0 Å². The minimum absolute atomic E-state index is 0.0355. The first-order valence-electron chi connectivity index (χ1n) is 9.44. The van der Waals surface area contributed by atoms with Crippen LogP contribution in [0.15, 0.2) is 12.4 Å². The molecule has 8 nitrogen and oxygen atoms in total. The first-order valence-corrected chi connectivity index (χ1v) is 9.44. The van der Waals surface area contributed by atoms with Gasteiger partial charge in [0.25, 0.3) is 0 Å². The van der Waals surface area contributed by atoms with E-state index in [1.165, 1.54) is 0 Å². The van der Waals surface area contributed by atoms with Gasteiger partial charge in [0, 0.05) is 51.3 Å². The molecule has 0 bridgehead atoms. The van der Waals surface area contributed by atoms with Gasteiger partial charge in [0.05, 0.1) is 12.2 Å². The number of nitrogens with zero attached hydrogens (tertiary/aromatic N) is 5. The fraction of sp³-hybridized carbons (Fsp3) is 0.632. The number of aromatic nitrogens is 4. The fourth-order valence-corrected chi connectivity index (χ4v) is 3.47. The Bertz CT molecular complexity index is 838. The summed E-state index contributed by atoms with van der Waals surface area (Å²) in [6.07, 6.45) is 4.69. The van der Waals surface area contributed by atoms with Gasteiger partial charge in [-0.1, -0.05) is 20.8 Å². The number of fused-ring (bicyclic) bond motifs is 1. The van der Waals surface area contributed by atoms with Crippen molar-refractivity contribution in [2.24, 2.45) is 5.41 Å². The Morgan fingerprint density at radius 1 is 1.26 bits per heavy atom. The number of nitrogens with one attached hydrogen (secondary N) is 1. The number of rotatable bonds is 5. The molecule has 1 atom stereocenters. The van der Waals surface area contributed by atoms with Crippen LogP contribution in [0.1, 0.15) is 52.1 Å². The molecular weight excluding hydrogens is 344 g/mol. The van der Waals surface area contributed by atoms with Crippen molar-refractivity contribution in [3.8, 4) is 0 Å². The summed E-state index contributed by atoms with van der Waals surface area (Å²) >= 11 is 0. The van der Waals surface area contributed by atoms with Crippen LogP contribution < -0.4 is 5.32 Å². The third-order valence-electron chi connectivity index (χ3n) is 4.75. The SMILES string of the molecule is CC(=O)N1CCC(c2nn(CCNC(=O)CC(C)(C)C)c3nccnc23)C1. The van der Waals surface area contributed by atoms with E-state index in [1.807, 2.05) is 30.4 Å². The van der Waals surface area contributed by atoms with Crippen molar-refractivity contribution in [2.75, 3.05) is 19.6 Å². The molecule has 1 aliphatic heterocycles. The first-order chi connectivity index (χ1) is 12.7. The molecule has 1 N–H and O–H groups in total. The number of hydrogen-bond acceptors (Lipinski definition) is 5. The van der Waals surface area contributed by atoms with Crippen LogP contribution in [0.2, 0.25) is 0 Å². The lowest BCUT2D eigenvalue weighted by atomic mass is 9.92. The molecular formula is C19H28N6O2. The molecule has 0 aliphatic carbocycles. The Labute approximate surface area is 159 Å². The smallest absolute Gasteiger partial charge is 0.220 e. The predicted octanol–water partition coefficient (Wildman–Crippen LogP) is 1.71. The quantitative estimate of drug-likeness (QED) is 0.862. The van der Waals surface area contributed by atoms with E-state index in [2.05, 4.69) is 15.3 Å². The van der Waals surface area contributed by atoms with E-state index in [0.29, 0.717) is 26.1 Å². The highest BCUT2D eigenvalue weighted by Gasteiger charge is 2.30. The standard InChI is InChI=1S/C19H28N6O2/c1-13(26)24-9-5-14(12-24)16-17-18(22-7-6-21-17)25(23-16)10-8-20-15(27)11-19(2,3)4/h6-7,14H,5,8-12H2,1-4H3,(H,20,27). The minimum atomic E-state index is -0.0355. The highest BCUT2D eigenvalue weighted by atomic mass is 16.2. The third kappa shape index (κ3) is 4.61. The summed E-state index contributed by atoms with van der Waals surface area (Å²) in [5.41, 5.74) is 2.36. The summed E-state index contributed by atoms with van der Waals surface area (Å²) in [5.74, 6) is 0.303. The van der Waals surface area contributed by atoms with Crippen molar-refractivity contribution >= 4 is 23.0 Å². The van der Waals surface area contributed by atoms with Crippen LogP contribution in [0.25, 0.3) is 11.2 Å². The van der Waals surface area contributed by atoms with E-state index in [-0.39, 0.29) is 23.1 Å². The molecule has 2 amide bonds. The normalized spacial score (nSPS) is 17.5. The van der Waals surface area contributed by atoms with Crippen LogP contribution in [0.4, 0.5) is 0 Å². The molecule has 1 unspecified atom stereocenters. The lowest BCUT2D eigenvalue weighted by molar-refractivity contribution is -0.127. The van der Waals surface area contributed by atoms with E-state index in [0.717, 1.165) is 29.8 Å². The lowest BCUT2D eigenvalue weighted by Crippen LogP contribution is -2.30. The molecule has 0 spiro atoms. The number of amides is 2. The second-order valence-electron chi connectivity index (χ2n) is 8.37. The molecule has 8 heteroatoms. The molecule has 1 saturated heterocycles. The predicted molar refractivity (Wildman–Crippen MR) is 102 cm³/mol. The van der Waals surface area contributed by atoms with E-state index in [1.54, 1.807) is 19.3 Å². The van der Waals surface area contributed by atoms with Crippen molar-refractivity contribution in [1.82, 2.24) is 30.0 Å². The van der Waals surface area contributed by atoms with E-state index in [4.69, 9.17) is 5.10 Å². The average Bonchev–Trinajstić information content (AvgIpc) is 3.18. The first kappa shape index (κ1) is 19.3. The molecule has 2 aromatic heterocycles. The van der Waals surface area contributed by atoms with Crippen LogP contribution in [0.5, 0.6) is 0 Å². The van der Waals surface area contributed by atoms with Crippen molar-refractivity contribution in [3.63, 3.8) is 0 Å². The summed E-state index contributed by atoms with van der Waals surface area (Å²) in [6.45, 7) is 10.2. The zero-order valence-electron chi connectivity index (χ0n) is 16.5. The van der Waals surface area contributed by atoms with Gasteiger partial charge in [0.2, 0.25) is 11.8 Å². The van der Waals surface area contributed by atoms with E-state index in [9.17, 15) is 9.59 Å².